The maximum absolute atomic E-state index is 14.1. The largest absolute Gasteiger partial charge is 0.494 e. The normalized spacial score (nSPS) is 21.3. The third-order valence-corrected chi connectivity index (χ3v) is 4.18. The van der Waals surface area contributed by atoms with E-state index in [0.29, 0.717) is 5.46 Å². The van der Waals surface area contributed by atoms with Gasteiger partial charge >= 0.3 is 7.12 Å². The molecule has 5 heteroatoms. The molecule has 1 aliphatic heterocycles. The van der Waals surface area contributed by atoms with Gasteiger partial charge in [-0.3, -0.25) is 0 Å². The summed E-state index contributed by atoms with van der Waals surface area (Å²) < 4.78 is 25.9. The minimum absolute atomic E-state index is 0.262. The summed E-state index contributed by atoms with van der Waals surface area (Å²) in [4.78, 5) is 0. The zero-order valence-corrected chi connectivity index (χ0v) is 13.0. The van der Waals surface area contributed by atoms with Crippen LogP contribution < -0.4 is 5.46 Å². The van der Waals surface area contributed by atoms with Crippen molar-refractivity contribution in [2.75, 3.05) is 0 Å². The van der Waals surface area contributed by atoms with Gasteiger partial charge in [-0.05, 0) is 53.1 Å². The smallest absolute Gasteiger partial charge is 0.399 e. The van der Waals surface area contributed by atoms with Gasteiger partial charge in [0, 0.05) is 5.56 Å². The number of rotatable bonds is 2. The molecule has 0 amide bonds. The molecule has 0 spiro atoms. The lowest BCUT2D eigenvalue weighted by molar-refractivity contribution is 0.00578. The van der Waals surface area contributed by atoms with Gasteiger partial charge in [0.25, 0.3) is 0 Å². The third kappa shape index (κ3) is 2.62. The lowest BCUT2D eigenvalue weighted by Crippen LogP contribution is -2.41. The van der Waals surface area contributed by atoms with Crippen LogP contribution in [-0.4, -0.2) is 23.4 Å². The molecule has 0 atom stereocenters. The first-order chi connectivity index (χ1) is 8.94. The summed E-state index contributed by atoms with van der Waals surface area (Å²) >= 11 is 0. The van der Waals surface area contributed by atoms with E-state index in [1.165, 1.54) is 6.07 Å². The fraction of sp³-hybridized carbons (Fsp3) is 0.600. The minimum Gasteiger partial charge on any atom is -0.399 e. The van der Waals surface area contributed by atoms with Crippen LogP contribution in [0.4, 0.5) is 4.39 Å². The molecule has 1 N–H and O–H groups in total. The number of hydrogen-bond donors (Lipinski definition) is 1. The van der Waals surface area contributed by atoms with Crippen molar-refractivity contribution < 1.29 is 18.8 Å². The van der Waals surface area contributed by atoms with Crippen molar-refractivity contribution in [1.82, 2.24) is 0 Å². The minimum atomic E-state index is -1.21. The average Bonchev–Trinajstić information content (AvgIpc) is 2.46. The van der Waals surface area contributed by atoms with E-state index in [1.807, 2.05) is 27.7 Å². The van der Waals surface area contributed by atoms with Crippen molar-refractivity contribution in [2.45, 2.75) is 58.3 Å². The third-order valence-electron chi connectivity index (χ3n) is 4.18. The first-order valence-electron chi connectivity index (χ1n) is 6.82. The maximum atomic E-state index is 14.1. The molecule has 20 heavy (non-hydrogen) atoms. The monoisotopic (exact) mass is 280 g/mol. The second kappa shape index (κ2) is 4.55. The van der Waals surface area contributed by atoms with E-state index < -0.39 is 29.7 Å². The zero-order valence-electron chi connectivity index (χ0n) is 13.0. The van der Waals surface area contributed by atoms with Crippen LogP contribution in [0.25, 0.3) is 0 Å². The zero-order chi connectivity index (χ0) is 15.3. The Balaban J connectivity index is 2.31. The van der Waals surface area contributed by atoms with Crippen LogP contribution in [0.1, 0.15) is 47.1 Å². The maximum Gasteiger partial charge on any atom is 0.494 e. The second-order valence-corrected chi connectivity index (χ2v) is 6.89. The first kappa shape index (κ1) is 15.5. The molecule has 110 valence electrons. The Morgan fingerprint density at radius 2 is 1.60 bits per heavy atom. The summed E-state index contributed by atoms with van der Waals surface area (Å²) in [6, 6.07) is 4.68. The Morgan fingerprint density at radius 3 is 2.00 bits per heavy atom. The van der Waals surface area contributed by atoms with Gasteiger partial charge in [0.15, 0.2) is 0 Å². The molecule has 0 bridgehead atoms. The fourth-order valence-electron chi connectivity index (χ4n) is 2.15. The summed E-state index contributed by atoms with van der Waals surface area (Å²) in [5, 5.41) is 9.89. The van der Waals surface area contributed by atoms with Crippen LogP contribution in [0.3, 0.4) is 0 Å². The molecule has 1 aromatic carbocycles. The van der Waals surface area contributed by atoms with Gasteiger partial charge < -0.3 is 14.4 Å². The van der Waals surface area contributed by atoms with Crippen LogP contribution in [0.15, 0.2) is 18.2 Å². The van der Waals surface area contributed by atoms with Crippen molar-refractivity contribution in [3.8, 4) is 0 Å². The number of benzene rings is 1. The Hall–Kier alpha value is -0.905. The van der Waals surface area contributed by atoms with Gasteiger partial charge in [0.1, 0.15) is 5.82 Å². The molecule has 0 unspecified atom stereocenters. The van der Waals surface area contributed by atoms with E-state index >= 15 is 0 Å². The molecule has 2 rings (SSSR count). The van der Waals surface area contributed by atoms with Crippen molar-refractivity contribution in [3.05, 3.63) is 29.6 Å². The van der Waals surface area contributed by atoms with Crippen molar-refractivity contribution in [1.29, 1.82) is 0 Å². The summed E-state index contributed by atoms with van der Waals surface area (Å²) in [5.74, 6) is -0.454. The highest BCUT2D eigenvalue weighted by molar-refractivity contribution is 6.62. The van der Waals surface area contributed by atoms with Gasteiger partial charge in [0.2, 0.25) is 0 Å². The highest BCUT2D eigenvalue weighted by Crippen LogP contribution is 2.36. The molecule has 0 aromatic heterocycles. The van der Waals surface area contributed by atoms with Crippen molar-refractivity contribution in [2.24, 2.45) is 0 Å². The van der Waals surface area contributed by atoms with Crippen LogP contribution in [-0.2, 0) is 14.9 Å². The van der Waals surface area contributed by atoms with Crippen LogP contribution >= 0.6 is 0 Å². The second-order valence-electron chi connectivity index (χ2n) is 6.89. The highest BCUT2D eigenvalue weighted by atomic mass is 19.1. The molecule has 3 nitrogen and oxygen atoms in total. The summed E-state index contributed by atoms with van der Waals surface area (Å²) in [5.41, 5.74) is -1.24. The Morgan fingerprint density at radius 1 is 1.10 bits per heavy atom. The Labute approximate surface area is 120 Å². The molecule has 1 fully saturated rings. The first-order valence-corrected chi connectivity index (χ1v) is 6.82. The average molecular weight is 280 g/mol. The van der Waals surface area contributed by atoms with E-state index in [9.17, 15) is 9.50 Å². The fourth-order valence-corrected chi connectivity index (χ4v) is 2.15. The summed E-state index contributed by atoms with van der Waals surface area (Å²) in [6.07, 6.45) is 0. The van der Waals surface area contributed by atoms with E-state index in [1.54, 1.807) is 26.0 Å². The molecule has 0 aliphatic carbocycles. The quantitative estimate of drug-likeness (QED) is 0.845. The topological polar surface area (TPSA) is 38.7 Å². The van der Waals surface area contributed by atoms with E-state index in [0.717, 1.165) is 0 Å². The standard InChI is InChI=1S/C15H22BFO3/c1-13(2,18)11-8-7-10(9-12(11)17)16-19-14(3,4)15(5,6)20-16/h7-9,18H,1-6H3. The Bertz CT molecular complexity index is 504. The van der Waals surface area contributed by atoms with Crippen LogP contribution in [0.5, 0.6) is 0 Å². The number of hydrogen-bond acceptors (Lipinski definition) is 3. The lowest BCUT2D eigenvalue weighted by Gasteiger charge is -2.32. The Kier molecular flexibility index (Phi) is 3.52. The highest BCUT2D eigenvalue weighted by Gasteiger charge is 2.51. The lowest BCUT2D eigenvalue weighted by atomic mass is 9.78. The SMILES string of the molecule is CC(C)(O)c1ccc(B2OC(C)(C)C(C)(C)O2)cc1F. The number of halogens is 1. The van der Waals surface area contributed by atoms with Crippen LogP contribution in [0.2, 0.25) is 0 Å². The van der Waals surface area contributed by atoms with Crippen molar-refractivity contribution in [3.63, 3.8) is 0 Å². The molecule has 1 heterocycles. The van der Waals surface area contributed by atoms with Gasteiger partial charge in [-0.15, -0.1) is 0 Å². The van der Waals surface area contributed by atoms with Gasteiger partial charge in [-0.1, -0.05) is 12.1 Å². The van der Waals surface area contributed by atoms with E-state index in [-0.39, 0.29) is 5.56 Å². The van der Waals surface area contributed by atoms with E-state index in [4.69, 9.17) is 9.31 Å². The molecular weight excluding hydrogens is 258 g/mol. The van der Waals surface area contributed by atoms with Gasteiger partial charge in [0.05, 0.1) is 16.8 Å². The van der Waals surface area contributed by atoms with Crippen molar-refractivity contribution >= 4 is 12.6 Å². The number of aliphatic hydroxyl groups is 1. The van der Waals surface area contributed by atoms with Crippen LogP contribution in [0, 0.1) is 5.82 Å². The summed E-state index contributed by atoms with van der Waals surface area (Å²) in [6.45, 7) is 10.9. The molecular formula is C15H22BFO3. The predicted octanol–water partition coefficient (Wildman–Crippen LogP) is 2.35. The van der Waals surface area contributed by atoms with Gasteiger partial charge in [-0.2, -0.15) is 0 Å². The molecule has 1 aromatic rings. The van der Waals surface area contributed by atoms with E-state index in [2.05, 4.69) is 0 Å². The predicted molar refractivity (Wildman–Crippen MR) is 77.4 cm³/mol. The molecule has 0 radical (unpaired) electrons. The molecule has 1 aliphatic rings. The van der Waals surface area contributed by atoms with Gasteiger partial charge in [-0.25, -0.2) is 4.39 Å². The summed E-state index contributed by atoms with van der Waals surface area (Å²) in [7, 11) is -0.592. The molecule has 0 saturated carbocycles. The molecule has 1 saturated heterocycles.